The first-order chi connectivity index (χ1) is 17.5. The molecule has 194 valence electrons. The molecule has 9 nitrogen and oxygen atoms in total. The van der Waals surface area contributed by atoms with E-state index in [0.29, 0.717) is 22.3 Å². The molecule has 1 aliphatic rings. The molecule has 0 N–H and O–H groups in total. The Morgan fingerprint density at radius 1 is 1.08 bits per heavy atom. The number of esters is 1. The lowest BCUT2D eigenvalue weighted by Gasteiger charge is -2.31. The smallest absolute Gasteiger partial charge is 0.331 e. The number of carbonyl (C=O) groups is 3. The fourth-order valence-corrected chi connectivity index (χ4v) is 4.54. The van der Waals surface area contributed by atoms with Gasteiger partial charge in [-0.3, -0.25) is 23.6 Å². The van der Waals surface area contributed by atoms with Crippen LogP contribution in [-0.2, 0) is 32.7 Å². The van der Waals surface area contributed by atoms with Crippen molar-refractivity contribution in [1.29, 1.82) is 0 Å². The molecule has 1 aliphatic heterocycles. The molecule has 0 spiro atoms. The molecule has 2 aromatic carbocycles. The van der Waals surface area contributed by atoms with Crippen LogP contribution < -0.4 is 10.4 Å². The van der Waals surface area contributed by atoms with Crippen LogP contribution in [0.25, 0.3) is 17.1 Å². The Morgan fingerprint density at radius 3 is 2.43 bits per heavy atom. The predicted molar refractivity (Wildman–Crippen MR) is 139 cm³/mol. The Kier molecular flexibility index (Phi) is 7.07. The number of amides is 2. The summed E-state index contributed by atoms with van der Waals surface area (Å²) in [5.74, 6) is -0.511. The van der Waals surface area contributed by atoms with E-state index in [1.54, 1.807) is 83.5 Å². The van der Waals surface area contributed by atoms with E-state index < -0.39 is 23.5 Å². The van der Waals surface area contributed by atoms with E-state index in [2.05, 4.69) is 0 Å². The van der Waals surface area contributed by atoms with Crippen LogP contribution in [0.3, 0.4) is 0 Å². The first-order valence-corrected chi connectivity index (χ1v) is 12.1. The molecular formula is C28H31N3O6. The molecule has 1 saturated heterocycles. The number of likely N-dealkylation sites (tertiary alicyclic amines) is 1. The third kappa shape index (κ3) is 5.35. The van der Waals surface area contributed by atoms with Gasteiger partial charge in [0.05, 0.1) is 24.7 Å². The van der Waals surface area contributed by atoms with Gasteiger partial charge in [0.25, 0.3) is 5.91 Å². The fraction of sp³-hybridized carbons (Fsp3) is 0.357. The first-order valence-electron chi connectivity index (χ1n) is 12.1. The molecule has 1 fully saturated rings. The SMILES string of the molecule is COc1ccc(CN2C(=O)CCC(n3c(=O)n(C)c4c(/C=C/C(=O)OC(C)(C)C)cccc43)C2=O)cc1. The number of rotatable bonds is 6. The van der Waals surface area contributed by atoms with Crippen molar-refractivity contribution in [1.82, 2.24) is 14.0 Å². The summed E-state index contributed by atoms with van der Waals surface area (Å²) in [5.41, 5.74) is 1.55. The molecule has 9 heteroatoms. The maximum Gasteiger partial charge on any atom is 0.331 e. The Labute approximate surface area is 214 Å². The van der Waals surface area contributed by atoms with Crippen molar-refractivity contribution in [2.75, 3.05) is 7.11 Å². The molecule has 2 heterocycles. The van der Waals surface area contributed by atoms with E-state index in [4.69, 9.17) is 9.47 Å². The number of aromatic nitrogens is 2. The molecule has 1 aromatic heterocycles. The van der Waals surface area contributed by atoms with Crippen LogP contribution in [-0.4, -0.2) is 44.5 Å². The molecular weight excluding hydrogens is 474 g/mol. The van der Waals surface area contributed by atoms with E-state index in [0.717, 1.165) is 5.56 Å². The van der Waals surface area contributed by atoms with Crippen LogP contribution in [0.2, 0.25) is 0 Å². The predicted octanol–water partition coefficient (Wildman–Crippen LogP) is 3.59. The summed E-state index contributed by atoms with van der Waals surface area (Å²) in [6, 6.07) is 11.6. The number of ether oxygens (including phenoxy) is 2. The second-order valence-corrected chi connectivity index (χ2v) is 10.0. The van der Waals surface area contributed by atoms with E-state index >= 15 is 0 Å². The minimum Gasteiger partial charge on any atom is -0.497 e. The van der Waals surface area contributed by atoms with Gasteiger partial charge in [0.1, 0.15) is 17.4 Å². The van der Waals surface area contributed by atoms with Crippen molar-refractivity contribution < 1.29 is 23.9 Å². The van der Waals surface area contributed by atoms with E-state index in [9.17, 15) is 19.2 Å². The number of hydrogen-bond donors (Lipinski definition) is 0. The second-order valence-electron chi connectivity index (χ2n) is 10.0. The van der Waals surface area contributed by atoms with Crippen molar-refractivity contribution in [3.63, 3.8) is 0 Å². The van der Waals surface area contributed by atoms with Crippen LogP contribution in [0.4, 0.5) is 0 Å². The molecule has 0 radical (unpaired) electrons. The Bertz CT molecular complexity index is 1440. The normalized spacial score (nSPS) is 16.6. The number of hydrogen-bond acceptors (Lipinski definition) is 6. The van der Waals surface area contributed by atoms with Crippen LogP contribution >= 0.6 is 0 Å². The molecule has 1 atom stereocenters. The zero-order valence-corrected chi connectivity index (χ0v) is 21.7. The molecule has 0 bridgehead atoms. The van der Waals surface area contributed by atoms with Gasteiger partial charge in [0.2, 0.25) is 5.91 Å². The summed E-state index contributed by atoms with van der Waals surface area (Å²) in [7, 11) is 3.19. The number of imidazole rings is 1. The Hall–Kier alpha value is -4.14. The summed E-state index contributed by atoms with van der Waals surface area (Å²) < 4.78 is 13.4. The summed E-state index contributed by atoms with van der Waals surface area (Å²) in [6.07, 6.45) is 3.30. The minimum absolute atomic E-state index is 0.113. The monoisotopic (exact) mass is 505 g/mol. The third-order valence-electron chi connectivity index (χ3n) is 6.23. The first kappa shape index (κ1) is 25.9. The van der Waals surface area contributed by atoms with E-state index in [-0.39, 0.29) is 31.0 Å². The van der Waals surface area contributed by atoms with E-state index in [1.165, 1.54) is 20.1 Å². The van der Waals surface area contributed by atoms with Crippen LogP contribution in [0.1, 0.15) is 50.8 Å². The standard InChI is InChI=1S/C28H31N3O6/c1-28(2,3)37-24(33)16-11-19-7-6-8-21-25(19)29(4)27(35)31(21)22-14-15-23(32)30(26(22)34)17-18-9-12-20(36-5)13-10-18/h6-13,16,22H,14-15,17H2,1-5H3/b16-11+. The minimum atomic E-state index is -0.822. The summed E-state index contributed by atoms with van der Waals surface area (Å²) in [6.45, 7) is 5.47. The van der Waals surface area contributed by atoms with Gasteiger partial charge in [-0.05, 0) is 57.0 Å². The Balaban J connectivity index is 1.68. The van der Waals surface area contributed by atoms with Gasteiger partial charge in [-0.2, -0.15) is 0 Å². The lowest BCUT2D eigenvalue weighted by molar-refractivity contribution is -0.152. The molecule has 3 aromatic rings. The maximum absolute atomic E-state index is 13.5. The molecule has 2 amide bonds. The third-order valence-corrected chi connectivity index (χ3v) is 6.23. The van der Waals surface area contributed by atoms with Gasteiger partial charge in [-0.25, -0.2) is 9.59 Å². The molecule has 0 saturated carbocycles. The highest BCUT2D eigenvalue weighted by atomic mass is 16.6. The van der Waals surface area contributed by atoms with Crippen molar-refractivity contribution in [3.05, 3.63) is 70.2 Å². The summed E-state index contributed by atoms with van der Waals surface area (Å²) >= 11 is 0. The number of carbonyl (C=O) groups excluding carboxylic acids is 3. The quantitative estimate of drug-likeness (QED) is 0.288. The molecule has 0 aliphatic carbocycles. The molecule has 37 heavy (non-hydrogen) atoms. The highest BCUT2D eigenvalue weighted by Crippen LogP contribution is 2.29. The topological polar surface area (TPSA) is 99.8 Å². The Morgan fingerprint density at radius 2 is 1.78 bits per heavy atom. The number of para-hydroxylation sites is 1. The van der Waals surface area contributed by atoms with Crippen molar-refractivity contribution in [3.8, 4) is 5.75 Å². The molecule has 4 rings (SSSR count). The number of methoxy groups -OCH3 is 1. The lowest BCUT2D eigenvalue weighted by Crippen LogP contribution is -2.47. The largest absolute Gasteiger partial charge is 0.497 e. The number of imide groups is 1. The number of aryl methyl sites for hydroxylation is 1. The van der Waals surface area contributed by atoms with Gasteiger partial charge in [-0.1, -0.05) is 24.3 Å². The average Bonchev–Trinajstić information content (AvgIpc) is 3.10. The summed E-state index contributed by atoms with van der Waals surface area (Å²) in [4.78, 5) is 53.0. The zero-order chi connectivity index (χ0) is 26.9. The average molecular weight is 506 g/mol. The fourth-order valence-electron chi connectivity index (χ4n) is 4.54. The number of piperidine rings is 1. The van der Waals surface area contributed by atoms with Gasteiger partial charge >= 0.3 is 11.7 Å². The maximum atomic E-state index is 13.5. The van der Waals surface area contributed by atoms with Crippen LogP contribution in [0.5, 0.6) is 5.75 Å². The highest BCUT2D eigenvalue weighted by molar-refractivity contribution is 6.00. The van der Waals surface area contributed by atoms with Gasteiger partial charge < -0.3 is 9.47 Å². The van der Waals surface area contributed by atoms with Crippen molar-refractivity contribution in [2.24, 2.45) is 7.05 Å². The second kappa shape index (κ2) is 10.1. The number of benzene rings is 2. The van der Waals surface area contributed by atoms with Crippen LogP contribution in [0, 0.1) is 0 Å². The zero-order valence-electron chi connectivity index (χ0n) is 21.7. The molecule has 1 unspecified atom stereocenters. The van der Waals surface area contributed by atoms with Gasteiger partial charge in [0, 0.05) is 25.1 Å². The number of nitrogens with zero attached hydrogens (tertiary/aromatic N) is 3. The summed E-state index contributed by atoms with van der Waals surface area (Å²) in [5, 5.41) is 0. The van der Waals surface area contributed by atoms with E-state index in [1.807, 2.05) is 0 Å². The van der Waals surface area contributed by atoms with Crippen molar-refractivity contribution in [2.45, 2.75) is 51.8 Å². The van der Waals surface area contributed by atoms with Gasteiger partial charge in [0.15, 0.2) is 0 Å². The highest BCUT2D eigenvalue weighted by Gasteiger charge is 2.37. The van der Waals surface area contributed by atoms with Crippen LogP contribution in [0.15, 0.2) is 53.3 Å². The van der Waals surface area contributed by atoms with Gasteiger partial charge in [-0.15, -0.1) is 0 Å². The lowest BCUT2D eigenvalue weighted by atomic mass is 10.0. The number of fused-ring (bicyclic) bond motifs is 1. The van der Waals surface area contributed by atoms with Crippen molar-refractivity contribution >= 4 is 34.9 Å².